The van der Waals surface area contributed by atoms with Gasteiger partial charge in [-0.25, -0.2) is 4.39 Å². The summed E-state index contributed by atoms with van der Waals surface area (Å²) in [5.74, 6) is -0.697. The molecule has 0 radical (unpaired) electrons. The Labute approximate surface area is 81.9 Å². The van der Waals surface area contributed by atoms with Gasteiger partial charge in [-0.3, -0.25) is 4.79 Å². The zero-order valence-electron chi connectivity index (χ0n) is 7.74. The molecule has 0 aromatic heterocycles. The van der Waals surface area contributed by atoms with Crippen molar-refractivity contribution in [1.29, 1.82) is 0 Å². The molecule has 1 rings (SSSR count). The van der Waals surface area contributed by atoms with Crippen LogP contribution in [0.3, 0.4) is 0 Å². The van der Waals surface area contributed by atoms with E-state index in [0.717, 1.165) is 5.56 Å². The number of hydrogen-bond donors (Lipinski definition) is 2. The van der Waals surface area contributed by atoms with E-state index in [-0.39, 0.29) is 18.3 Å². The molecule has 1 aromatic carbocycles. The van der Waals surface area contributed by atoms with Crippen molar-refractivity contribution in [1.82, 2.24) is 0 Å². The van der Waals surface area contributed by atoms with E-state index in [1.807, 2.05) is 0 Å². The molecular formula is C10H13FN2O. The molecule has 76 valence electrons. The third kappa shape index (κ3) is 3.53. The molecule has 0 fully saturated rings. The molecule has 1 atom stereocenters. The molecular weight excluding hydrogens is 183 g/mol. The first kappa shape index (κ1) is 10.7. The zero-order chi connectivity index (χ0) is 10.6. The number of primary amides is 1. The lowest BCUT2D eigenvalue weighted by molar-refractivity contribution is -0.118. The van der Waals surface area contributed by atoms with E-state index < -0.39 is 5.91 Å². The third-order valence-electron chi connectivity index (χ3n) is 1.87. The van der Waals surface area contributed by atoms with Crippen molar-refractivity contribution < 1.29 is 9.18 Å². The van der Waals surface area contributed by atoms with E-state index in [2.05, 4.69) is 0 Å². The highest BCUT2D eigenvalue weighted by atomic mass is 19.1. The average Bonchev–Trinajstić information content (AvgIpc) is 2.07. The van der Waals surface area contributed by atoms with Gasteiger partial charge in [0.2, 0.25) is 5.91 Å². The second kappa shape index (κ2) is 4.72. The van der Waals surface area contributed by atoms with Gasteiger partial charge in [0.25, 0.3) is 0 Å². The fourth-order valence-corrected chi connectivity index (χ4v) is 1.25. The SMILES string of the molecule is NC(=O)C[C@@H](N)Cc1ccc(F)cc1. The summed E-state index contributed by atoms with van der Waals surface area (Å²) in [6, 6.07) is 5.74. The first-order valence-corrected chi connectivity index (χ1v) is 4.36. The van der Waals surface area contributed by atoms with Crippen molar-refractivity contribution in [2.45, 2.75) is 18.9 Å². The summed E-state index contributed by atoms with van der Waals surface area (Å²) in [6.07, 6.45) is 0.681. The predicted molar refractivity (Wildman–Crippen MR) is 51.9 cm³/mol. The van der Waals surface area contributed by atoms with E-state index in [1.54, 1.807) is 12.1 Å². The molecule has 0 bridgehead atoms. The first-order chi connectivity index (χ1) is 6.58. The lowest BCUT2D eigenvalue weighted by Gasteiger charge is -2.08. The molecule has 1 amide bonds. The summed E-state index contributed by atoms with van der Waals surface area (Å²) in [6.45, 7) is 0. The van der Waals surface area contributed by atoms with Gasteiger partial charge in [0.05, 0.1) is 0 Å². The molecule has 1 aromatic rings. The summed E-state index contributed by atoms with van der Waals surface area (Å²) in [7, 11) is 0. The van der Waals surface area contributed by atoms with Gasteiger partial charge in [-0.1, -0.05) is 12.1 Å². The van der Waals surface area contributed by atoms with E-state index >= 15 is 0 Å². The van der Waals surface area contributed by atoms with Gasteiger partial charge >= 0.3 is 0 Å². The number of rotatable bonds is 4. The lowest BCUT2D eigenvalue weighted by Crippen LogP contribution is -2.29. The summed E-state index contributed by atoms with van der Waals surface area (Å²) in [5.41, 5.74) is 11.5. The van der Waals surface area contributed by atoms with Crippen LogP contribution in [0.4, 0.5) is 4.39 Å². The Bertz CT molecular complexity index is 310. The number of carbonyl (C=O) groups excluding carboxylic acids is 1. The summed E-state index contributed by atoms with van der Waals surface area (Å²) >= 11 is 0. The van der Waals surface area contributed by atoms with Crippen molar-refractivity contribution >= 4 is 5.91 Å². The second-order valence-corrected chi connectivity index (χ2v) is 3.26. The number of carbonyl (C=O) groups is 1. The van der Waals surface area contributed by atoms with Crippen molar-refractivity contribution in [2.24, 2.45) is 11.5 Å². The van der Waals surface area contributed by atoms with Gasteiger partial charge in [-0.2, -0.15) is 0 Å². The highest BCUT2D eigenvalue weighted by Gasteiger charge is 2.07. The van der Waals surface area contributed by atoms with E-state index in [1.165, 1.54) is 12.1 Å². The topological polar surface area (TPSA) is 69.1 Å². The maximum Gasteiger partial charge on any atom is 0.218 e. The first-order valence-electron chi connectivity index (χ1n) is 4.36. The van der Waals surface area contributed by atoms with Gasteiger partial charge in [-0.05, 0) is 24.1 Å². The van der Waals surface area contributed by atoms with Gasteiger partial charge in [-0.15, -0.1) is 0 Å². The molecule has 4 heteroatoms. The molecule has 0 aliphatic heterocycles. The van der Waals surface area contributed by atoms with Crippen LogP contribution in [0.5, 0.6) is 0 Å². The number of amides is 1. The molecule has 4 N–H and O–H groups in total. The lowest BCUT2D eigenvalue weighted by atomic mass is 10.0. The minimum atomic E-state index is -0.417. The molecule has 3 nitrogen and oxygen atoms in total. The van der Waals surface area contributed by atoms with Crippen molar-refractivity contribution in [2.75, 3.05) is 0 Å². The van der Waals surface area contributed by atoms with E-state index in [9.17, 15) is 9.18 Å². The Hall–Kier alpha value is -1.42. The standard InChI is InChI=1S/C10H13FN2O/c11-8-3-1-7(2-4-8)5-9(12)6-10(13)14/h1-4,9H,5-6,12H2,(H2,13,14)/t9-/m0/s1. The third-order valence-corrected chi connectivity index (χ3v) is 1.87. The Morgan fingerprint density at radius 3 is 2.43 bits per heavy atom. The zero-order valence-corrected chi connectivity index (χ0v) is 7.74. The molecule has 0 unspecified atom stereocenters. The molecule has 0 saturated carbocycles. The fraction of sp³-hybridized carbons (Fsp3) is 0.300. The largest absolute Gasteiger partial charge is 0.370 e. The smallest absolute Gasteiger partial charge is 0.218 e. The van der Waals surface area contributed by atoms with Gasteiger partial charge in [0.15, 0.2) is 0 Å². The summed E-state index contributed by atoms with van der Waals surface area (Å²) in [5, 5.41) is 0. The monoisotopic (exact) mass is 196 g/mol. The minimum absolute atomic E-state index is 0.150. The van der Waals surface area contributed by atoms with Crippen LogP contribution in [0.2, 0.25) is 0 Å². The number of halogens is 1. The highest BCUT2D eigenvalue weighted by molar-refractivity contribution is 5.74. The van der Waals surface area contributed by atoms with Gasteiger partial charge in [0.1, 0.15) is 5.82 Å². The molecule has 0 heterocycles. The van der Waals surface area contributed by atoms with Crippen LogP contribution in [-0.2, 0) is 11.2 Å². The predicted octanol–water partition coefficient (Wildman–Crippen LogP) is 0.571. The Morgan fingerprint density at radius 1 is 1.36 bits per heavy atom. The highest BCUT2D eigenvalue weighted by Crippen LogP contribution is 2.06. The van der Waals surface area contributed by atoms with Crippen LogP contribution in [0.25, 0.3) is 0 Å². The van der Waals surface area contributed by atoms with Crippen molar-refractivity contribution in [3.05, 3.63) is 35.6 Å². The second-order valence-electron chi connectivity index (χ2n) is 3.26. The number of hydrogen-bond acceptors (Lipinski definition) is 2. The van der Waals surface area contributed by atoms with Gasteiger partial charge < -0.3 is 11.5 Å². The minimum Gasteiger partial charge on any atom is -0.370 e. The molecule has 0 aliphatic rings. The van der Waals surface area contributed by atoms with Crippen LogP contribution in [0.15, 0.2) is 24.3 Å². The van der Waals surface area contributed by atoms with Crippen molar-refractivity contribution in [3.63, 3.8) is 0 Å². The summed E-state index contributed by atoms with van der Waals surface area (Å²) in [4.78, 5) is 10.5. The van der Waals surface area contributed by atoms with E-state index in [4.69, 9.17) is 11.5 Å². The van der Waals surface area contributed by atoms with Crippen LogP contribution < -0.4 is 11.5 Å². The molecule has 0 saturated heterocycles. The van der Waals surface area contributed by atoms with E-state index in [0.29, 0.717) is 6.42 Å². The van der Waals surface area contributed by atoms with Crippen LogP contribution in [-0.4, -0.2) is 11.9 Å². The number of nitrogens with two attached hydrogens (primary N) is 2. The molecule has 0 spiro atoms. The fourth-order valence-electron chi connectivity index (χ4n) is 1.25. The normalized spacial score (nSPS) is 12.4. The van der Waals surface area contributed by atoms with Crippen LogP contribution in [0.1, 0.15) is 12.0 Å². The maximum absolute atomic E-state index is 12.5. The average molecular weight is 196 g/mol. The van der Waals surface area contributed by atoms with Crippen LogP contribution in [0, 0.1) is 5.82 Å². The summed E-state index contributed by atoms with van der Waals surface area (Å²) < 4.78 is 12.5. The molecule has 0 aliphatic carbocycles. The Balaban J connectivity index is 2.51. The van der Waals surface area contributed by atoms with Crippen molar-refractivity contribution in [3.8, 4) is 0 Å². The van der Waals surface area contributed by atoms with Gasteiger partial charge in [0, 0.05) is 12.5 Å². The Morgan fingerprint density at radius 2 is 1.93 bits per heavy atom. The Kier molecular flexibility index (Phi) is 3.59. The van der Waals surface area contributed by atoms with Crippen LogP contribution >= 0.6 is 0 Å². The number of benzene rings is 1. The molecule has 14 heavy (non-hydrogen) atoms. The quantitative estimate of drug-likeness (QED) is 0.739. The maximum atomic E-state index is 12.5.